The molecule has 0 radical (unpaired) electrons. The largest absolute Gasteiger partial charge is 0.493 e. The minimum Gasteiger partial charge on any atom is -0.493 e. The van der Waals surface area contributed by atoms with Crippen molar-refractivity contribution >= 4 is 5.91 Å². The lowest BCUT2D eigenvalue weighted by molar-refractivity contribution is -0.175. The maximum Gasteiger partial charge on any atom is 0.253 e. The van der Waals surface area contributed by atoms with Crippen molar-refractivity contribution in [1.29, 1.82) is 0 Å². The molecular formula is C27H36N2O4. The van der Waals surface area contributed by atoms with E-state index in [2.05, 4.69) is 36.1 Å². The Labute approximate surface area is 197 Å². The molecule has 2 saturated heterocycles. The number of ether oxygens (including phenoxy) is 3. The highest BCUT2D eigenvalue weighted by Gasteiger charge is 2.43. The molecule has 33 heavy (non-hydrogen) atoms. The van der Waals surface area contributed by atoms with E-state index in [0.29, 0.717) is 30.2 Å². The number of nitrogens with zero attached hydrogens (tertiary/aromatic N) is 2. The van der Waals surface area contributed by atoms with Gasteiger partial charge in [0.15, 0.2) is 11.5 Å². The van der Waals surface area contributed by atoms with E-state index in [1.807, 2.05) is 36.9 Å². The van der Waals surface area contributed by atoms with Crippen LogP contribution in [0.1, 0.15) is 55.6 Å². The van der Waals surface area contributed by atoms with Crippen LogP contribution in [0.2, 0.25) is 0 Å². The third-order valence-corrected chi connectivity index (χ3v) is 6.68. The Kier molecular flexibility index (Phi) is 7.25. The highest BCUT2D eigenvalue weighted by atomic mass is 16.5. The number of hydrogen-bond acceptors (Lipinski definition) is 5. The smallest absolute Gasteiger partial charge is 0.253 e. The van der Waals surface area contributed by atoms with Gasteiger partial charge in [-0.05, 0) is 57.0 Å². The summed E-state index contributed by atoms with van der Waals surface area (Å²) in [6.45, 7) is 10.4. The van der Waals surface area contributed by atoms with Gasteiger partial charge in [-0.25, -0.2) is 0 Å². The van der Waals surface area contributed by atoms with Crippen LogP contribution in [-0.2, 0) is 4.74 Å². The van der Waals surface area contributed by atoms with E-state index >= 15 is 0 Å². The van der Waals surface area contributed by atoms with E-state index < -0.39 is 0 Å². The second kappa shape index (κ2) is 10.1. The predicted molar refractivity (Wildman–Crippen MR) is 129 cm³/mol. The van der Waals surface area contributed by atoms with Gasteiger partial charge in [0.1, 0.15) is 0 Å². The van der Waals surface area contributed by atoms with Gasteiger partial charge >= 0.3 is 0 Å². The summed E-state index contributed by atoms with van der Waals surface area (Å²) in [6.07, 6.45) is 1.78. The minimum absolute atomic E-state index is 0.0296. The molecule has 1 atom stereocenters. The number of rotatable bonds is 6. The first-order valence-corrected chi connectivity index (χ1v) is 12.0. The summed E-state index contributed by atoms with van der Waals surface area (Å²) in [7, 11) is 1.60. The first kappa shape index (κ1) is 23.6. The van der Waals surface area contributed by atoms with Gasteiger partial charge < -0.3 is 19.1 Å². The molecule has 0 saturated carbocycles. The van der Waals surface area contributed by atoms with Crippen molar-refractivity contribution in [3.63, 3.8) is 0 Å². The number of carbonyl (C=O) groups excluding carboxylic acids is 1. The number of carbonyl (C=O) groups is 1. The Morgan fingerprint density at radius 3 is 2.48 bits per heavy atom. The van der Waals surface area contributed by atoms with E-state index in [0.717, 1.165) is 32.5 Å². The average molecular weight is 453 g/mol. The lowest BCUT2D eigenvalue weighted by Crippen LogP contribution is -2.58. The first-order chi connectivity index (χ1) is 15.9. The van der Waals surface area contributed by atoms with Gasteiger partial charge in [-0.15, -0.1) is 0 Å². The number of likely N-dealkylation sites (N-methyl/N-ethyl adjacent to an activating group) is 1. The quantitative estimate of drug-likeness (QED) is 0.644. The number of likely N-dealkylation sites (tertiary alicyclic amines) is 1. The third-order valence-electron chi connectivity index (χ3n) is 6.68. The molecule has 6 heteroatoms. The van der Waals surface area contributed by atoms with Crippen LogP contribution in [0.25, 0.3) is 0 Å². The van der Waals surface area contributed by atoms with E-state index in [9.17, 15) is 4.79 Å². The molecule has 2 aromatic rings. The Morgan fingerprint density at radius 1 is 1.12 bits per heavy atom. The number of piperidine rings is 1. The van der Waals surface area contributed by atoms with Gasteiger partial charge in [0, 0.05) is 31.7 Å². The molecule has 0 aliphatic carbocycles. The second-order valence-electron chi connectivity index (χ2n) is 9.35. The average Bonchev–Trinajstić information content (AvgIpc) is 2.84. The molecule has 178 valence electrons. The highest BCUT2D eigenvalue weighted by Crippen LogP contribution is 2.38. The number of benzene rings is 2. The van der Waals surface area contributed by atoms with Crippen molar-refractivity contribution in [1.82, 2.24) is 9.80 Å². The SMILES string of the molecule is CCN1CC(c2ccccc2)OC2(CCN(C(=O)c3ccc(OC(C)C)c(OC)c3)CC2)C1. The number of morpholine rings is 1. The fourth-order valence-corrected chi connectivity index (χ4v) is 4.89. The molecule has 0 bridgehead atoms. The molecular weight excluding hydrogens is 416 g/mol. The highest BCUT2D eigenvalue weighted by molar-refractivity contribution is 5.95. The van der Waals surface area contributed by atoms with Crippen molar-refractivity contribution in [3.05, 3.63) is 59.7 Å². The van der Waals surface area contributed by atoms with E-state index in [1.165, 1.54) is 5.56 Å². The normalized spacial score (nSPS) is 20.8. The summed E-state index contributed by atoms with van der Waals surface area (Å²) in [5.74, 6) is 1.27. The number of amides is 1. The van der Waals surface area contributed by atoms with Gasteiger partial charge in [-0.1, -0.05) is 37.3 Å². The van der Waals surface area contributed by atoms with Gasteiger partial charge in [-0.2, -0.15) is 0 Å². The van der Waals surface area contributed by atoms with E-state index in [-0.39, 0.29) is 23.7 Å². The van der Waals surface area contributed by atoms with Crippen molar-refractivity contribution in [2.75, 3.05) is 39.8 Å². The summed E-state index contributed by atoms with van der Waals surface area (Å²) < 4.78 is 18.0. The summed E-state index contributed by atoms with van der Waals surface area (Å²) in [5.41, 5.74) is 1.64. The zero-order valence-corrected chi connectivity index (χ0v) is 20.3. The van der Waals surface area contributed by atoms with E-state index in [4.69, 9.17) is 14.2 Å². The lowest BCUT2D eigenvalue weighted by atomic mass is 9.87. The fraction of sp³-hybridized carbons (Fsp3) is 0.519. The third kappa shape index (κ3) is 5.33. The molecule has 0 aromatic heterocycles. The van der Waals surface area contributed by atoms with Crippen LogP contribution in [0, 0.1) is 0 Å². The molecule has 2 aromatic carbocycles. The molecule has 2 aliphatic rings. The molecule has 1 spiro atoms. The van der Waals surface area contributed by atoms with Crippen LogP contribution >= 0.6 is 0 Å². The Hall–Kier alpha value is -2.57. The topological polar surface area (TPSA) is 51.2 Å². The molecule has 1 unspecified atom stereocenters. The van der Waals surface area contributed by atoms with Gasteiger partial charge in [0.25, 0.3) is 5.91 Å². The van der Waals surface area contributed by atoms with Gasteiger partial charge in [0.2, 0.25) is 0 Å². The molecule has 6 nitrogen and oxygen atoms in total. The van der Waals surface area contributed by atoms with E-state index in [1.54, 1.807) is 13.2 Å². The first-order valence-electron chi connectivity index (χ1n) is 12.0. The summed E-state index contributed by atoms with van der Waals surface area (Å²) in [5, 5.41) is 0. The Morgan fingerprint density at radius 2 is 1.85 bits per heavy atom. The molecule has 4 rings (SSSR count). The van der Waals surface area contributed by atoms with Crippen LogP contribution in [-0.4, -0.2) is 67.2 Å². The molecule has 2 fully saturated rings. The number of hydrogen-bond donors (Lipinski definition) is 0. The van der Waals surface area contributed by atoms with Crippen LogP contribution in [0.3, 0.4) is 0 Å². The Balaban J connectivity index is 1.45. The standard InChI is InChI=1S/C27H36N2O4/c1-5-28-18-25(21-9-7-6-8-10-21)33-27(19-28)13-15-29(16-14-27)26(30)22-11-12-23(32-20(2)3)24(17-22)31-4/h6-12,17,20,25H,5,13-16,18-19H2,1-4H3. The van der Waals surface area contributed by atoms with Crippen LogP contribution in [0.15, 0.2) is 48.5 Å². The van der Waals surface area contributed by atoms with Gasteiger partial charge in [0.05, 0.1) is 24.9 Å². The maximum atomic E-state index is 13.3. The van der Waals surface area contributed by atoms with Crippen LogP contribution in [0.5, 0.6) is 11.5 Å². The van der Waals surface area contributed by atoms with Gasteiger partial charge in [-0.3, -0.25) is 9.69 Å². The Bertz CT molecular complexity index is 938. The molecule has 0 N–H and O–H groups in total. The second-order valence-corrected chi connectivity index (χ2v) is 9.35. The minimum atomic E-state index is -0.210. The summed E-state index contributed by atoms with van der Waals surface area (Å²) >= 11 is 0. The molecule has 1 amide bonds. The monoisotopic (exact) mass is 452 g/mol. The van der Waals surface area contributed by atoms with Crippen molar-refractivity contribution in [2.45, 2.75) is 51.4 Å². The maximum absolute atomic E-state index is 13.3. The zero-order valence-electron chi connectivity index (χ0n) is 20.3. The summed E-state index contributed by atoms with van der Waals surface area (Å²) in [6, 6.07) is 15.9. The fourth-order valence-electron chi connectivity index (χ4n) is 4.89. The predicted octanol–water partition coefficient (Wildman–Crippen LogP) is 4.55. The van der Waals surface area contributed by atoms with Crippen molar-refractivity contribution in [3.8, 4) is 11.5 Å². The lowest BCUT2D eigenvalue weighted by Gasteiger charge is -2.50. The van der Waals surface area contributed by atoms with Crippen molar-refractivity contribution in [2.24, 2.45) is 0 Å². The molecule has 2 aliphatic heterocycles. The zero-order chi connectivity index (χ0) is 23.4. The van der Waals surface area contributed by atoms with Crippen LogP contribution < -0.4 is 9.47 Å². The van der Waals surface area contributed by atoms with Crippen LogP contribution in [0.4, 0.5) is 0 Å². The molecule has 2 heterocycles. The summed E-state index contributed by atoms with van der Waals surface area (Å²) in [4.78, 5) is 17.7. The number of methoxy groups -OCH3 is 1. The van der Waals surface area contributed by atoms with Crippen molar-refractivity contribution < 1.29 is 19.0 Å².